The van der Waals surface area contributed by atoms with Crippen LogP contribution in [0, 0.1) is 0 Å². The highest BCUT2D eigenvalue weighted by Gasteiger charge is 2.24. The third-order valence-corrected chi connectivity index (χ3v) is 4.15. The minimum Gasteiger partial charge on any atom is -0.398 e. The SMILES string of the molecule is CN1CCOC(CN2CCCc3c(N)cccc32)C1. The monoisotopic (exact) mass is 261 g/mol. The highest BCUT2D eigenvalue weighted by molar-refractivity contribution is 5.66. The molecule has 104 valence electrons. The number of hydrogen-bond donors (Lipinski definition) is 1. The normalized spacial score (nSPS) is 24.3. The number of hydrogen-bond acceptors (Lipinski definition) is 4. The molecule has 0 aliphatic carbocycles. The van der Waals surface area contributed by atoms with Gasteiger partial charge in [0.1, 0.15) is 0 Å². The average molecular weight is 261 g/mol. The zero-order valence-electron chi connectivity index (χ0n) is 11.6. The standard InChI is InChI=1S/C15H23N3O/c1-17-8-9-19-12(10-17)11-18-7-3-4-13-14(16)5-2-6-15(13)18/h2,5-6,12H,3-4,7-11,16H2,1H3. The van der Waals surface area contributed by atoms with Crippen LogP contribution in [0.25, 0.3) is 0 Å². The second kappa shape index (κ2) is 5.39. The maximum atomic E-state index is 6.09. The first-order valence-corrected chi connectivity index (χ1v) is 7.16. The van der Waals surface area contributed by atoms with E-state index >= 15 is 0 Å². The summed E-state index contributed by atoms with van der Waals surface area (Å²) < 4.78 is 5.88. The van der Waals surface area contributed by atoms with Crippen LogP contribution in [-0.4, -0.2) is 50.8 Å². The minimum absolute atomic E-state index is 0.311. The fourth-order valence-electron chi connectivity index (χ4n) is 3.14. The number of rotatable bonds is 2. The van der Waals surface area contributed by atoms with E-state index in [1.165, 1.54) is 17.7 Å². The van der Waals surface area contributed by atoms with Crippen molar-refractivity contribution in [3.63, 3.8) is 0 Å². The lowest BCUT2D eigenvalue weighted by Gasteiger charge is -2.37. The molecule has 19 heavy (non-hydrogen) atoms. The van der Waals surface area contributed by atoms with Crippen molar-refractivity contribution in [2.75, 3.05) is 50.5 Å². The molecular weight excluding hydrogens is 238 g/mol. The van der Waals surface area contributed by atoms with Crippen LogP contribution in [0.15, 0.2) is 18.2 Å². The molecule has 2 heterocycles. The lowest BCUT2D eigenvalue weighted by Crippen LogP contribution is -2.47. The molecule has 0 radical (unpaired) electrons. The molecule has 0 bridgehead atoms. The number of likely N-dealkylation sites (N-methyl/N-ethyl adjacent to an activating group) is 1. The van der Waals surface area contributed by atoms with Gasteiger partial charge >= 0.3 is 0 Å². The van der Waals surface area contributed by atoms with E-state index in [1.807, 2.05) is 6.07 Å². The number of fused-ring (bicyclic) bond motifs is 1. The zero-order valence-corrected chi connectivity index (χ0v) is 11.6. The summed E-state index contributed by atoms with van der Waals surface area (Å²) >= 11 is 0. The molecule has 1 aromatic rings. The van der Waals surface area contributed by atoms with Crippen LogP contribution < -0.4 is 10.6 Å². The molecule has 2 N–H and O–H groups in total. The summed E-state index contributed by atoms with van der Waals surface area (Å²) in [5.41, 5.74) is 9.65. The van der Waals surface area contributed by atoms with Crippen LogP contribution in [0.2, 0.25) is 0 Å². The van der Waals surface area contributed by atoms with E-state index in [-0.39, 0.29) is 0 Å². The molecule has 3 rings (SSSR count). The molecule has 0 aromatic heterocycles. The van der Waals surface area contributed by atoms with Gasteiger partial charge in [0.15, 0.2) is 0 Å². The Labute approximate surface area is 115 Å². The van der Waals surface area contributed by atoms with Crippen molar-refractivity contribution in [3.8, 4) is 0 Å². The number of nitrogens with two attached hydrogens (primary N) is 1. The van der Waals surface area contributed by atoms with Gasteiger partial charge in [0.2, 0.25) is 0 Å². The van der Waals surface area contributed by atoms with E-state index in [4.69, 9.17) is 10.5 Å². The smallest absolute Gasteiger partial charge is 0.0876 e. The Bertz CT molecular complexity index is 449. The largest absolute Gasteiger partial charge is 0.398 e. The zero-order chi connectivity index (χ0) is 13.2. The molecule has 1 aromatic carbocycles. The number of ether oxygens (including phenoxy) is 1. The maximum absolute atomic E-state index is 6.09. The molecular formula is C15H23N3O. The van der Waals surface area contributed by atoms with Crippen molar-refractivity contribution in [1.82, 2.24) is 4.90 Å². The first-order chi connectivity index (χ1) is 9.24. The average Bonchev–Trinajstić information content (AvgIpc) is 2.40. The summed E-state index contributed by atoms with van der Waals surface area (Å²) in [6.45, 7) is 4.99. The van der Waals surface area contributed by atoms with Crippen LogP contribution in [-0.2, 0) is 11.2 Å². The van der Waals surface area contributed by atoms with Crippen molar-refractivity contribution in [3.05, 3.63) is 23.8 Å². The van der Waals surface area contributed by atoms with E-state index < -0.39 is 0 Å². The number of nitrogen functional groups attached to an aromatic ring is 1. The van der Waals surface area contributed by atoms with Gasteiger partial charge in [-0.3, -0.25) is 0 Å². The van der Waals surface area contributed by atoms with Crippen LogP contribution >= 0.6 is 0 Å². The maximum Gasteiger partial charge on any atom is 0.0876 e. The lowest BCUT2D eigenvalue weighted by molar-refractivity contribution is -0.0148. The molecule has 2 aliphatic rings. The topological polar surface area (TPSA) is 41.7 Å². The summed E-state index contributed by atoms with van der Waals surface area (Å²) in [7, 11) is 2.16. The first kappa shape index (κ1) is 12.8. The van der Waals surface area contributed by atoms with Crippen LogP contribution in [0.4, 0.5) is 11.4 Å². The molecule has 1 unspecified atom stereocenters. The third-order valence-electron chi connectivity index (χ3n) is 4.15. The van der Waals surface area contributed by atoms with Crippen molar-refractivity contribution >= 4 is 11.4 Å². The van der Waals surface area contributed by atoms with Gasteiger partial charge in [-0.25, -0.2) is 0 Å². The quantitative estimate of drug-likeness (QED) is 0.816. The van der Waals surface area contributed by atoms with Crippen molar-refractivity contribution in [1.29, 1.82) is 0 Å². The Kier molecular flexibility index (Phi) is 3.62. The van der Waals surface area contributed by atoms with Crippen molar-refractivity contribution in [2.24, 2.45) is 0 Å². The van der Waals surface area contributed by atoms with Crippen molar-refractivity contribution < 1.29 is 4.74 Å². The Morgan fingerprint density at radius 2 is 2.26 bits per heavy atom. The Morgan fingerprint density at radius 1 is 1.37 bits per heavy atom. The van der Waals surface area contributed by atoms with E-state index in [1.54, 1.807) is 0 Å². The lowest BCUT2D eigenvalue weighted by atomic mass is 9.99. The van der Waals surface area contributed by atoms with E-state index in [2.05, 4.69) is 29.0 Å². The summed E-state index contributed by atoms with van der Waals surface area (Å²) in [5.74, 6) is 0. The number of benzene rings is 1. The van der Waals surface area contributed by atoms with E-state index in [0.29, 0.717) is 6.10 Å². The summed E-state index contributed by atoms with van der Waals surface area (Å²) in [4.78, 5) is 4.79. The van der Waals surface area contributed by atoms with Gasteiger partial charge in [0, 0.05) is 37.6 Å². The van der Waals surface area contributed by atoms with E-state index in [0.717, 1.165) is 44.9 Å². The number of anilines is 2. The van der Waals surface area contributed by atoms with Gasteiger partial charge in [-0.2, -0.15) is 0 Å². The summed E-state index contributed by atoms with van der Waals surface area (Å²) in [6.07, 6.45) is 2.60. The fourth-order valence-corrected chi connectivity index (χ4v) is 3.14. The Balaban J connectivity index is 1.74. The molecule has 1 atom stereocenters. The second-order valence-corrected chi connectivity index (χ2v) is 5.65. The molecule has 0 spiro atoms. The van der Waals surface area contributed by atoms with Gasteiger partial charge in [0.05, 0.1) is 12.7 Å². The molecule has 1 saturated heterocycles. The molecule has 2 aliphatic heterocycles. The van der Waals surface area contributed by atoms with Gasteiger partial charge in [-0.15, -0.1) is 0 Å². The second-order valence-electron chi connectivity index (χ2n) is 5.65. The molecule has 4 heteroatoms. The Hall–Kier alpha value is -1.26. The molecule has 4 nitrogen and oxygen atoms in total. The van der Waals surface area contributed by atoms with Crippen LogP contribution in [0.5, 0.6) is 0 Å². The fraction of sp³-hybridized carbons (Fsp3) is 0.600. The van der Waals surface area contributed by atoms with Gasteiger partial charge in [-0.1, -0.05) is 6.07 Å². The summed E-state index contributed by atoms with van der Waals surface area (Å²) in [6, 6.07) is 6.25. The van der Waals surface area contributed by atoms with Crippen LogP contribution in [0.3, 0.4) is 0 Å². The highest BCUT2D eigenvalue weighted by atomic mass is 16.5. The number of nitrogens with zero attached hydrogens (tertiary/aromatic N) is 2. The van der Waals surface area contributed by atoms with Gasteiger partial charge in [0.25, 0.3) is 0 Å². The third kappa shape index (κ3) is 2.69. The highest BCUT2D eigenvalue weighted by Crippen LogP contribution is 2.31. The predicted octanol–water partition coefficient (Wildman–Crippen LogP) is 1.35. The van der Waals surface area contributed by atoms with E-state index in [9.17, 15) is 0 Å². The minimum atomic E-state index is 0.311. The summed E-state index contributed by atoms with van der Waals surface area (Å²) in [5, 5.41) is 0. The molecule has 0 amide bonds. The van der Waals surface area contributed by atoms with Crippen molar-refractivity contribution in [2.45, 2.75) is 18.9 Å². The first-order valence-electron chi connectivity index (χ1n) is 7.16. The molecule has 0 saturated carbocycles. The van der Waals surface area contributed by atoms with Crippen LogP contribution in [0.1, 0.15) is 12.0 Å². The van der Waals surface area contributed by atoms with Gasteiger partial charge in [-0.05, 0) is 37.6 Å². The Morgan fingerprint density at radius 3 is 3.11 bits per heavy atom. The number of morpholine rings is 1. The predicted molar refractivity (Wildman–Crippen MR) is 78.6 cm³/mol. The van der Waals surface area contributed by atoms with Gasteiger partial charge < -0.3 is 20.3 Å². The molecule has 1 fully saturated rings.